The van der Waals surface area contributed by atoms with E-state index in [1.54, 1.807) is 0 Å². The van der Waals surface area contributed by atoms with Crippen LogP contribution < -0.4 is 5.73 Å². The first-order valence-electron chi connectivity index (χ1n) is 6.81. The van der Waals surface area contributed by atoms with Crippen molar-refractivity contribution in [1.29, 1.82) is 5.26 Å². The Bertz CT molecular complexity index is 775. The van der Waals surface area contributed by atoms with Crippen LogP contribution >= 0.6 is 0 Å². The summed E-state index contributed by atoms with van der Waals surface area (Å²) < 4.78 is 32.1. The molecule has 2 N–H and O–H groups in total. The Morgan fingerprint density at radius 1 is 1.27 bits per heavy atom. The second-order valence-electron chi connectivity index (χ2n) is 5.21. The summed E-state index contributed by atoms with van der Waals surface area (Å²) in [5.74, 6) is -2.67. The number of nitrogens with two attached hydrogens (primary N) is 1. The number of ether oxygens (including phenoxy) is 1. The first-order chi connectivity index (χ1) is 10.5. The number of benzene rings is 1. The second kappa shape index (κ2) is 5.26. The molecule has 1 aromatic rings. The number of halogens is 2. The van der Waals surface area contributed by atoms with Crippen LogP contribution in [-0.2, 0) is 9.53 Å². The molecule has 1 atom stereocenters. The molecule has 1 aliphatic carbocycles. The quantitative estimate of drug-likeness (QED) is 0.865. The average Bonchev–Trinajstić information content (AvgIpc) is 2.49. The molecule has 1 aromatic carbocycles. The molecule has 0 amide bonds. The van der Waals surface area contributed by atoms with Crippen LogP contribution in [0.25, 0.3) is 0 Å². The summed E-state index contributed by atoms with van der Waals surface area (Å²) in [5, 5.41) is 9.32. The predicted molar refractivity (Wildman–Crippen MR) is 72.9 cm³/mol. The van der Waals surface area contributed by atoms with Crippen molar-refractivity contribution in [2.75, 3.05) is 0 Å². The molecule has 0 spiro atoms. The van der Waals surface area contributed by atoms with E-state index in [9.17, 15) is 18.8 Å². The zero-order valence-electron chi connectivity index (χ0n) is 11.5. The minimum atomic E-state index is -1.04. The van der Waals surface area contributed by atoms with E-state index in [1.807, 2.05) is 6.07 Å². The van der Waals surface area contributed by atoms with E-state index in [0.29, 0.717) is 36.2 Å². The van der Waals surface area contributed by atoms with Gasteiger partial charge in [-0.05, 0) is 24.1 Å². The molecule has 112 valence electrons. The third-order valence-corrected chi connectivity index (χ3v) is 3.88. The van der Waals surface area contributed by atoms with E-state index in [0.717, 1.165) is 12.1 Å². The van der Waals surface area contributed by atoms with Crippen LogP contribution in [0.5, 0.6) is 0 Å². The molecule has 4 nitrogen and oxygen atoms in total. The maximum Gasteiger partial charge on any atom is 0.205 e. The lowest BCUT2D eigenvalue weighted by molar-refractivity contribution is -0.116. The lowest BCUT2D eigenvalue weighted by atomic mass is 9.77. The molecule has 0 saturated heterocycles. The number of carbonyl (C=O) groups excluding carboxylic acids is 1. The van der Waals surface area contributed by atoms with Gasteiger partial charge in [-0.3, -0.25) is 4.79 Å². The third-order valence-electron chi connectivity index (χ3n) is 3.88. The van der Waals surface area contributed by atoms with Crippen LogP contribution in [-0.4, -0.2) is 5.78 Å². The Morgan fingerprint density at radius 3 is 2.73 bits per heavy atom. The molecular formula is C16H12F2N2O2. The topological polar surface area (TPSA) is 76.1 Å². The van der Waals surface area contributed by atoms with Crippen LogP contribution in [0.3, 0.4) is 0 Å². The number of ketones is 1. The summed E-state index contributed by atoms with van der Waals surface area (Å²) >= 11 is 0. The number of Topliss-reactive ketones (excluding diaryl/α,β-unsaturated/α-hetero) is 1. The molecule has 0 unspecified atom stereocenters. The first-order valence-corrected chi connectivity index (χ1v) is 6.81. The number of hydrogen-bond acceptors (Lipinski definition) is 4. The Balaban J connectivity index is 2.20. The Kier molecular flexibility index (Phi) is 3.41. The maximum absolute atomic E-state index is 13.5. The molecule has 0 aromatic heterocycles. The third kappa shape index (κ3) is 2.15. The van der Waals surface area contributed by atoms with E-state index in [1.165, 1.54) is 6.07 Å². The van der Waals surface area contributed by atoms with Gasteiger partial charge in [-0.2, -0.15) is 5.26 Å². The molecule has 3 rings (SSSR count). The summed E-state index contributed by atoms with van der Waals surface area (Å²) in [6, 6.07) is 5.23. The van der Waals surface area contributed by atoms with E-state index in [2.05, 4.69) is 0 Å². The smallest absolute Gasteiger partial charge is 0.205 e. The first kappa shape index (κ1) is 14.3. The highest BCUT2D eigenvalue weighted by Gasteiger charge is 2.38. The summed E-state index contributed by atoms with van der Waals surface area (Å²) in [7, 11) is 0. The summed E-state index contributed by atoms with van der Waals surface area (Å²) in [6.07, 6.45) is 1.50. The molecule has 0 bridgehead atoms. The molecule has 1 aliphatic heterocycles. The average molecular weight is 302 g/mol. The SMILES string of the molecule is N#CC1=C(N)OC2=C(C(=O)CCC2)[C@H]1c1ccc(F)c(F)c1. The molecule has 0 fully saturated rings. The van der Waals surface area contributed by atoms with Crippen LogP contribution in [0.1, 0.15) is 30.7 Å². The zero-order chi connectivity index (χ0) is 15.9. The number of carbonyl (C=O) groups is 1. The van der Waals surface area contributed by atoms with Gasteiger partial charge in [-0.1, -0.05) is 6.07 Å². The summed E-state index contributed by atoms with van der Waals surface area (Å²) in [5.41, 5.74) is 6.43. The minimum absolute atomic E-state index is 0.0417. The number of nitriles is 1. The second-order valence-corrected chi connectivity index (χ2v) is 5.21. The van der Waals surface area contributed by atoms with E-state index < -0.39 is 17.6 Å². The van der Waals surface area contributed by atoms with E-state index in [-0.39, 0.29) is 17.2 Å². The van der Waals surface area contributed by atoms with Crippen molar-refractivity contribution in [3.8, 4) is 6.07 Å². The van der Waals surface area contributed by atoms with Crippen LogP contribution in [0.2, 0.25) is 0 Å². The number of rotatable bonds is 1. The molecule has 22 heavy (non-hydrogen) atoms. The fourth-order valence-corrected chi connectivity index (χ4v) is 2.88. The Morgan fingerprint density at radius 2 is 2.05 bits per heavy atom. The normalized spacial score (nSPS) is 21.3. The van der Waals surface area contributed by atoms with Crippen LogP contribution in [0.15, 0.2) is 41.0 Å². The van der Waals surface area contributed by atoms with Crippen LogP contribution in [0.4, 0.5) is 8.78 Å². The van der Waals surface area contributed by atoms with Gasteiger partial charge in [0.25, 0.3) is 0 Å². The van der Waals surface area contributed by atoms with Gasteiger partial charge in [0.05, 0.1) is 5.92 Å². The van der Waals surface area contributed by atoms with Gasteiger partial charge in [-0.25, -0.2) is 8.78 Å². The van der Waals surface area contributed by atoms with Crippen molar-refractivity contribution in [3.05, 3.63) is 58.2 Å². The van der Waals surface area contributed by atoms with E-state index >= 15 is 0 Å². The van der Waals surface area contributed by atoms with Crippen molar-refractivity contribution in [2.45, 2.75) is 25.2 Å². The van der Waals surface area contributed by atoms with Crippen molar-refractivity contribution < 1.29 is 18.3 Å². The molecular weight excluding hydrogens is 290 g/mol. The highest BCUT2D eigenvalue weighted by atomic mass is 19.2. The fourth-order valence-electron chi connectivity index (χ4n) is 2.88. The molecule has 0 radical (unpaired) electrons. The van der Waals surface area contributed by atoms with Gasteiger partial charge in [0, 0.05) is 18.4 Å². The lowest BCUT2D eigenvalue weighted by Gasteiger charge is -2.30. The highest BCUT2D eigenvalue weighted by Crippen LogP contribution is 2.43. The van der Waals surface area contributed by atoms with Gasteiger partial charge in [0.15, 0.2) is 17.4 Å². The number of hydrogen-bond donors (Lipinski definition) is 1. The molecule has 1 heterocycles. The number of nitrogens with zero attached hydrogens (tertiary/aromatic N) is 1. The maximum atomic E-state index is 13.5. The predicted octanol–water partition coefficient (Wildman–Crippen LogP) is 2.78. The van der Waals surface area contributed by atoms with Gasteiger partial charge < -0.3 is 10.5 Å². The Hall–Kier alpha value is -2.68. The zero-order valence-corrected chi connectivity index (χ0v) is 11.5. The number of allylic oxidation sites excluding steroid dienone is 3. The lowest BCUT2D eigenvalue weighted by Crippen LogP contribution is -2.27. The molecule has 2 aliphatic rings. The van der Waals surface area contributed by atoms with Crippen molar-refractivity contribution in [1.82, 2.24) is 0 Å². The molecule has 6 heteroatoms. The molecule has 0 saturated carbocycles. The summed E-state index contributed by atoms with van der Waals surface area (Å²) in [4.78, 5) is 12.3. The van der Waals surface area contributed by atoms with Crippen LogP contribution in [0, 0.1) is 23.0 Å². The van der Waals surface area contributed by atoms with Crippen molar-refractivity contribution in [3.63, 3.8) is 0 Å². The van der Waals surface area contributed by atoms with Gasteiger partial charge >= 0.3 is 0 Å². The van der Waals surface area contributed by atoms with Crippen molar-refractivity contribution >= 4 is 5.78 Å². The fraction of sp³-hybridized carbons (Fsp3) is 0.250. The van der Waals surface area contributed by atoms with Gasteiger partial charge in [0.1, 0.15) is 17.4 Å². The largest absolute Gasteiger partial charge is 0.444 e. The standard InChI is InChI=1S/C16H12F2N2O2/c17-10-5-4-8(6-11(10)18)14-9(7-19)16(20)22-13-3-1-2-12(21)15(13)14/h4-6,14H,1-3,20H2/t14-/m0/s1. The monoisotopic (exact) mass is 302 g/mol. The Labute approximate surface area is 125 Å². The summed E-state index contributed by atoms with van der Waals surface area (Å²) in [6.45, 7) is 0. The van der Waals surface area contributed by atoms with Crippen molar-refractivity contribution in [2.24, 2.45) is 5.73 Å². The van der Waals surface area contributed by atoms with Gasteiger partial charge in [-0.15, -0.1) is 0 Å². The van der Waals surface area contributed by atoms with E-state index in [4.69, 9.17) is 10.5 Å². The van der Waals surface area contributed by atoms with Gasteiger partial charge in [0.2, 0.25) is 5.88 Å². The minimum Gasteiger partial charge on any atom is -0.444 e. The highest BCUT2D eigenvalue weighted by molar-refractivity contribution is 5.99.